The average molecular weight is 484 g/mol. The minimum Gasteiger partial charge on any atom is -0.286 e. The molecule has 0 atom stereocenters. The zero-order chi connectivity index (χ0) is 25.3. The molecule has 0 aliphatic rings. The Balaban J connectivity index is 1.98. The maximum atomic E-state index is 2.83. The highest BCUT2D eigenvalue weighted by atomic mass is 15.2. The molecular formula is C35H49N. The Bertz CT molecular complexity index is 806. The molecule has 0 bridgehead atoms. The first kappa shape index (κ1) is 28.2. The van der Waals surface area contributed by atoms with E-state index in [1.165, 1.54) is 93.7 Å². The molecule has 0 spiro atoms. The summed E-state index contributed by atoms with van der Waals surface area (Å²) in [7, 11) is 0. The van der Waals surface area contributed by atoms with Gasteiger partial charge in [-0.05, 0) is 42.6 Å². The van der Waals surface area contributed by atoms with E-state index in [0.29, 0.717) is 0 Å². The van der Waals surface area contributed by atoms with Gasteiger partial charge in [-0.25, -0.2) is 0 Å². The summed E-state index contributed by atoms with van der Waals surface area (Å²) in [6.45, 7) is 6.85. The molecule has 3 aromatic rings. The predicted octanol–water partition coefficient (Wildman–Crippen LogP) is 10.0. The molecule has 0 unspecified atom stereocenters. The number of benzene rings is 3. The molecule has 3 aromatic carbocycles. The lowest BCUT2D eigenvalue weighted by Gasteiger charge is -2.46. The van der Waals surface area contributed by atoms with Gasteiger partial charge in [-0.1, -0.05) is 169 Å². The van der Waals surface area contributed by atoms with Gasteiger partial charge < -0.3 is 0 Å². The Morgan fingerprint density at radius 1 is 0.417 bits per heavy atom. The van der Waals surface area contributed by atoms with Gasteiger partial charge in [0.25, 0.3) is 0 Å². The van der Waals surface area contributed by atoms with Crippen molar-refractivity contribution in [3.63, 3.8) is 0 Å². The Labute approximate surface area is 222 Å². The van der Waals surface area contributed by atoms with E-state index in [2.05, 4.69) is 110 Å². The second-order valence-corrected chi connectivity index (χ2v) is 10.3. The third kappa shape index (κ3) is 7.81. The Kier molecular flexibility index (Phi) is 12.8. The summed E-state index contributed by atoms with van der Waals surface area (Å²) in [5, 5.41) is 0. The van der Waals surface area contributed by atoms with E-state index in [1.54, 1.807) is 0 Å². The first-order valence-electron chi connectivity index (χ1n) is 14.8. The van der Waals surface area contributed by atoms with Crippen molar-refractivity contribution in [1.82, 2.24) is 4.90 Å². The highest BCUT2D eigenvalue weighted by Gasteiger charge is 2.41. The molecule has 0 radical (unpaired) electrons. The SMILES string of the molecule is CCCCCCCCN(CCCCCCCC)C(c1ccccc1)(c1ccccc1)c1ccccc1. The molecule has 0 N–H and O–H groups in total. The lowest BCUT2D eigenvalue weighted by molar-refractivity contribution is 0.149. The second-order valence-electron chi connectivity index (χ2n) is 10.3. The summed E-state index contributed by atoms with van der Waals surface area (Å²) < 4.78 is 0. The van der Waals surface area contributed by atoms with Crippen LogP contribution < -0.4 is 0 Å². The highest BCUT2D eigenvalue weighted by Crippen LogP contribution is 2.42. The molecule has 3 rings (SSSR count). The zero-order valence-electron chi connectivity index (χ0n) is 23.0. The Hall–Kier alpha value is -2.38. The zero-order valence-corrected chi connectivity index (χ0v) is 23.0. The fourth-order valence-corrected chi connectivity index (χ4v) is 5.70. The van der Waals surface area contributed by atoms with Crippen LogP contribution in [0.2, 0.25) is 0 Å². The molecule has 0 amide bonds. The molecule has 0 aliphatic heterocycles. The van der Waals surface area contributed by atoms with Gasteiger partial charge in [0.1, 0.15) is 0 Å². The standard InChI is InChI=1S/C35H49N/c1-3-5-7-9-11-22-30-36(31-23-12-10-8-6-4-2)35(32-24-16-13-17-25-32,33-26-18-14-19-27-33)34-28-20-15-21-29-34/h13-21,24-29H,3-12,22-23,30-31H2,1-2H3. The first-order valence-corrected chi connectivity index (χ1v) is 14.8. The topological polar surface area (TPSA) is 3.24 Å². The smallest absolute Gasteiger partial charge is 0.0972 e. The Morgan fingerprint density at radius 2 is 0.722 bits per heavy atom. The summed E-state index contributed by atoms with van der Waals surface area (Å²) in [5.74, 6) is 0. The predicted molar refractivity (Wildman–Crippen MR) is 158 cm³/mol. The van der Waals surface area contributed by atoms with Crippen LogP contribution in [0.4, 0.5) is 0 Å². The summed E-state index contributed by atoms with van der Waals surface area (Å²) in [6, 6.07) is 33.8. The van der Waals surface area contributed by atoms with E-state index in [9.17, 15) is 0 Å². The van der Waals surface area contributed by atoms with Crippen molar-refractivity contribution in [2.75, 3.05) is 13.1 Å². The summed E-state index contributed by atoms with van der Waals surface area (Å²) in [5.41, 5.74) is 3.84. The van der Waals surface area contributed by atoms with Gasteiger partial charge in [0.2, 0.25) is 0 Å². The molecule has 0 fully saturated rings. The van der Waals surface area contributed by atoms with Crippen LogP contribution in [0.25, 0.3) is 0 Å². The van der Waals surface area contributed by atoms with Crippen molar-refractivity contribution in [2.45, 2.75) is 96.4 Å². The van der Waals surface area contributed by atoms with Gasteiger partial charge in [0, 0.05) is 0 Å². The van der Waals surface area contributed by atoms with Crippen molar-refractivity contribution < 1.29 is 0 Å². The maximum Gasteiger partial charge on any atom is 0.0972 e. The van der Waals surface area contributed by atoms with E-state index in [1.807, 2.05) is 0 Å². The minimum atomic E-state index is -0.281. The molecule has 0 aromatic heterocycles. The monoisotopic (exact) mass is 483 g/mol. The van der Waals surface area contributed by atoms with Crippen LogP contribution >= 0.6 is 0 Å². The van der Waals surface area contributed by atoms with Crippen LogP contribution in [0.1, 0.15) is 108 Å². The van der Waals surface area contributed by atoms with E-state index in [0.717, 1.165) is 13.1 Å². The van der Waals surface area contributed by atoms with Crippen LogP contribution in [-0.2, 0) is 5.54 Å². The molecule has 36 heavy (non-hydrogen) atoms. The van der Waals surface area contributed by atoms with Crippen LogP contribution in [0.5, 0.6) is 0 Å². The van der Waals surface area contributed by atoms with Crippen LogP contribution in [0.3, 0.4) is 0 Å². The van der Waals surface area contributed by atoms with Crippen LogP contribution in [-0.4, -0.2) is 18.0 Å². The molecule has 194 valence electrons. The van der Waals surface area contributed by atoms with Crippen molar-refractivity contribution in [3.05, 3.63) is 108 Å². The maximum absolute atomic E-state index is 2.83. The van der Waals surface area contributed by atoms with Gasteiger partial charge in [-0.15, -0.1) is 0 Å². The largest absolute Gasteiger partial charge is 0.286 e. The van der Waals surface area contributed by atoms with Crippen LogP contribution in [0.15, 0.2) is 91.0 Å². The van der Waals surface area contributed by atoms with Crippen molar-refractivity contribution >= 4 is 0 Å². The van der Waals surface area contributed by atoms with Gasteiger partial charge in [-0.3, -0.25) is 4.90 Å². The molecule has 1 nitrogen and oxygen atoms in total. The molecule has 0 aliphatic carbocycles. The van der Waals surface area contributed by atoms with E-state index in [-0.39, 0.29) is 5.54 Å². The molecule has 0 heterocycles. The molecule has 1 heteroatoms. The lowest BCUT2D eigenvalue weighted by atomic mass is 9.75. The number of rotatable bonds is 18. The number of nitrogens with zero attached hydrogens (tertiary/aromatic N) is 1. The quantitative estimate of drug-likeness (QED) is 0.128. The van der Waals surface area contributed by atoms with Gasteiger partial charge in [-0.2, -0.15) is 0 Å². The molecule has 0 saturated carbocycles. The van der Waals surface area contributed by atoms with E-state index < -0.39 is 0 Å². The minimum absolute atomic E-state index is 0.281. The van der Waals surface area contributed by atoms with Crippen molar-refractivity contribution in [1.29, 1.82) is 0 Å². The van der Waals surface area contributed by atoms with Gasteiger partial charge in [0.05, 0.1) is 5.54 Å². The third-order valence-corrected chi connectivity index (χ3v) is 7.61. The number of unbranched alkanes of at least 4 members (excludes halogenated alkanes) is 10. The normalized spacial score (nSPS) is 11.8. The fraction of sp³-hybridized carbons (Fsp3) is 0.486. The first-order chi connectivity index (χ1) is 17.8. The van der Waals surface area contributed by atoms with E-state index >= 15 is 0 Å². The fourth-order valence-electron chi connectivity index (χ4n) is 5.70. The second kappa shape index (κ2) is 16.4. The lowest BCUT2D eigenvalue weighted by Crippen LogP contribution is -2.49. The molecule has 0 saturated heterocycles. The van der Waals surface area contributed by atoms with E-state index in [4.69, 9.17) is 0 Å². The third-order valence-electron chi connectivity index (χ3n) is 7.61. The van der Waals surface area contributed by atoms with Crippen LogP contribution in [0, 0.1) is 0 Å². The Morgan fingerprint density at radius 3 is 1.06 bits per heavy atom. The number of hydrogen-bond donors (Lipinski definition) is 0. The summed E-state index contributed by atoms with van der Waals surface area (Å²) >= 11 is 0. The van der Waals surface area contributed by atoms with Crippen molar-refractivity contribution in [3.8, 4) is 0 Å². The summed E-state index contributed by atoms with van der Waals surface area (Å²) in [4.78, 5) is 2.83. The highest BCUT2D eigenvalue weighted by molar-refractivity contribution is 5.49. The van der Waals surface area contributed by atoms with Gasteiger partial charge in [0.15, 0.2) is 0 Å². The summed E-state index contributed by atoms with van der Waals surface area (Å²) in [6.07, 6.45) is 16.0. The van der Waals surface area contributed by atoms with Gasteiger partial charge >= 0.3 is 0 Å². The average Bonchev–Trinajstić information content (AvgIpc) is 2.94. The molecular weight excluding hydrogens is 434 g/mol. The number of hydrogen-bond acceptors (Lipinski definition) is 1. The van der Waals surface area contributed by atoms with Crippen molar-refractivity contribution in [2.24, 2.45) is 0 Å².